The van der Waals surface area contributed by atoms with Gasteiger partial charge in [-0.3, -0.25) is 10.1 Å². The molecule has 0 saturated carbocycles. The number of methoxy groups -OCH3 is 1. The normalized spacial score (nSPS) is 11.5. The lowest BCUT2D eigenvalue weighted by molar-refractivity contribution is -0.387. The second-order valence-corrected chi connectivity index (χ2v) is 6.79. The third-order valence-electron chi connectivity index (χ3n) is 3.28. The molecule has 0 fully saturated rings. The Morgan fingerprint density at radius 2 is 1.96 bits per heavy atom. The fraction of sp³-hybridized carbons (Fsp3) is 0.0625. The zero-order chi connectivity index (χ0) is 19.3. The standard InChI is InChI=1S/C16H12FN3O5S/c1-25-12-3-5-13(6-4-12)26(23,24)14(9-18)10-19-11-2-7-15(17)16(8-11)20(21)22/h2-8,10,19H,1H3/b14-10+. The number of nitrogens with zero attached hydrogens (tertiary/aromatic N) is 2. The first-order valence-corrected chi connectivity index (χ1v) is 8.48. The van der Waals surface area contributed by atoms with Gasteiger partial charge in [-0.2, -0.15) is 9.65 Å². The van der Waals surface area contributed by atoms with Gasteiger partial charge in [0.25, 0.3) is 0 Å². The van der Waals surface area contributed by atoms with Crippen LogP contribution in [-0.4, -0.2) is 20.5 Å². The summed E-state index contributed by atoms with van der Waals surface area (Å²) in [6.07, 6.45) is 0.885. The van der Waals surface area contributed by atoms with Crippen LogP contribution >= 0.6 is 0 Å². The fourth-order valence-electron chi connectivity index (χ4n) is 1.94. The van der Waals surface area contributed by atoms with Crippen molar-refractivity contribution in [2.75, 3.05) is 12.4 Å². The number of anilines is 1. The Bertz CT molecular complexity index is 1010. The summed E-state index contributed by atoms with van der Waals surface area (Å²) in [4.78, 5) is 9.07. The number of nitro benzene ring substituents is 1. The first-order chi connectivity index (χ1) is 12.3. The molecule has 2 aromatic carbocycles. The number of hydrogen-bond acceptors (Lipinski definition) is 7. The van der Waals surface area contributed by atoms with Gasteiger partial charge in [0.05, 0.1) is 16.9 Å². The molecule has 0 saturated heterocycles. The second-order valence-electron chi connectivity index (χ2n) is 4.87. The van der Waals surface area contributed by atoms with Crippen molar-refractivity contribution in [3.63, 3.8) is 0 Å². The van der Waals surface area contributed by atoms with Crippen LogP contribution in [-0.2, 0) is 9.84 Å². The summed E-state index contributed by atoms with van der Waals surface area (Å²) in [5.41, 5.74) is -0.726. The van der Waals surface area contributed by atoms with Crippen molar-refractivity contribution in [2.45, 2.75) is 4.90 Å². The van der Waals surface area contributed by atoms with Gasteiger partial charge in [-0.15, -0.1) is 0 Å². The van der Waals surface area contributed by atoms with Crippen LogP contribution in [0.2, 0.25) is 0 Å². The Hall–Kier alpha value is -3.45. The highest BCUT2D eigenvalue weighted by Crippen LogP contribution is 2.24. The summed E-state index contributed by atoms with van der Waals surface area (Å²) in [6.45, 7) is 0. The molecule has 0 aromatic heterocycles. The number of sulfone groups is 1. The highest BCUT2D eigenvalue weighted by Gasteiger charge is 2.21. The van der Waals surface area contributed by atoms with Gasteiger partial charge in [-0.1, -0.05) is 0 Å². The summed E-state index contributed by atoms with van der Waals surface area (Å²) >= 11 is 0. The number of allylic oxidation sites excluding steroid dienone is 1. The molecular weight excluding hydrogens is 365 g/mol. The van der Waals surface area contributed by atoms with Gasteiger partial charge < -0.3 is 10.1 Å². The number of nitriles is 1. The number of hydrogen-bond donors (Lipinski definition) is 1. The van der Waals surface area contributed by atoms with Gasteiger partial charge in [0, 0.05) is 18.0 Å². The molecular formula is C16H12FN3O5S. The van der Waals surface area contributed by atoms with Crippen LogP contribution < -0.4 is 10.1 Å². The summed E-state index contributed by atoms with van der Waals surface area (Å²) in [5, 5.41) is 22.3. The number of benzene rings is 2. The molecule has 134 valence electrons. The molecule has 0 atom stereocenters. The Labute approximate surface area is 148 Å². The minimum Gasteiger partial charge on any atom is -0.497 e. The van der Waals surface area contributed by atoms with Crippen LogP contribution in [0.15, 0.2) is 58.5 Å². The molecule has 0 aliphatic heterocycles. The number of halogens is 1. The Kier molecular flexibility index (Phi) is 5.54. The maximum atomic E-state index is 13.3. The summed E-state index contributed by atoms with van der Waals surface area (Å²) < 4.78 is 43.2. The predicted molar refractivity (Wildman–Crippen MR) is 90.6 cm³/mol. The van der Waals surface area contributed by atoms with E-state index in [4.69, 9.17) is 10.00 Å². The number of nitrogens with one attached hydrogen (secondary N) is 1. The highest BCUT2D eigenvalue weighted by molar-refractivity contribution is 7.95. The second kappa shape index (κ2) is 7.62. The summed E-state index contributed by atoms with van der Waals surface area (Å²) in [5.74, 6) is -0.584. The van der Waals surface area contributed by atoms with Crippen molar-refractivity contribution in [1.29, 1.82) is 5.26 Å². The molecule has 1 N–H and O–H groups in total. The molecule has 0 radical (unpaired) electrons. The third-order valence-corrected chi connectivity index (χ3v) is 4.96. The van der Waals surface area contributed by atoms with Gasteiger partial charge in [0.1, 0.15) is 11.8 Å². The molecule has 8 nitrogen and oxygen atoms in total. The Balaban J connectivity index is 2.34. The molecule has 0 heterocycles. The minimum absolute atomic E-state index is 0.0516. The van der Waals surface area contributed by atoms with Gasteiger partial charge in [0.15, 0.2) is 4.91 Å². The van der Waals surface area contributed by atoms with E-state index in [9.17, 15) is 22.9 Å². The first-order valence-electron chi connectivity index (χ1n) is 6.99. The zero-order valence-corrected chi connectivity index (χ0v) is 14.2. The molecule has 0 unspecified atom stereocenters. The van der Waals surface area contributed by atoms with E-state index in [1.807, 2.05) is 0 Å². The summed E-state index contributed by atoms with van der Waals surface area (Å²) in [6, 6.07) is 9.90. The predicted octanol–water partition coefficient (Wildman–Crippen LogP) is 2.99. The topological polar surface area (TPSA) is 122 Å². The molecule has 0 spiro atoms. The number of ether oxygens (including phenoxy) is 1. The van der Waals surface area contributed by atoms with E-state index >= 15 is 0 Å². The van der Waals surface area contributed by atoms with E-state index in [0.717, 1.165) is 18.3 Å². The van der Waals surface area contributed by atoms with Crippen LogP contribution in [0.3, 0.4) is 0 Å². The van der Waals surface area contributed by atoms with E-state index < -0.39 is 31.2 Å². The van der Waals surface area contributed by atoms with Gasteiger partial charge in [-0.25, -0.2) is 8.42 Å². The first kappa shape index (κ1) is 18.9. The van der Waals surface area contributed by atoms with Gasteiger partial charge in [-0.05, 0) is 36.4 Å². The van der Waals surface area contributed by atoms with Gasteiger partial charge >= 0.3 is 5.69 Å². The van der Waals surface area contributed by atoms with Crippen LogP contribution in [0.1, 0.15) is 0 Å². The van der Waals surface area contributed by atoms with Crippen LogP contribution in [0.4, 0.5) is 15.8 Å². The SMILES string of the molecule is COc1ccc(S(=O)(=O)/C(C#N)=C/Nc2ccc(F)c([N+](=O)[O-])c2)cc1. The lowest BCUT2D eigenvalue weighted by Crippen LogP contribution is -2.06. The lowest BCUT2D eigenvalue weighted by atomic mass is 10.2. The van der Waals surface area contributed by atoms with Crippen LogP contribution in [0, 0.1) is 27.3 Å². The average Bonchev–Trinajstić information content (AvgIpc) is 2.63. The zero-order valence-electron chi connectivity index (χ0n) is 13.3. The third kappa shape index (κ3) is 3.96. The van der Waals surface area contributed by atoms with Gasteiger partial charge in [0.2, 0.25) is 15.7 Å². The molecule has 10 heteroatoms. The Morgan fingerprint density at radius 1 is 1.31 bits per heavy atom. The molecule has 26 heavy (non-hydrogen) atoms. The van der Waals surface area contributed by atoms with E-state index in [-0.39, 0.29) is 10.6 Å². The van der Waals surface area contributed by atoms with Crippen molar-refractivity contribution in [3.05, 3.63) is 69.5 Å². The maximum Gasteiger partial charge on any atom is 0.306 e. The fourth-order valence-corrected chi connectivity index (χ4v) is 3.03. The molecule has 2 aromatic rings. The van der Waals surface area contributed by atoms with Crippen LogP contribution in [0.25, 0.3) is 0 Å². The molecule has 2 rings (SSSR count). The number of rotatable bonds is 6. The quantitative estimate of drug-likeness (QED) is 0.466. The minimum atomic E-state index is -4.11. The van der Waals surface area contributed by atoms with Crippen molar-refractivity contribution in [3.8, 4) is 11.8 Å². The van der Waals surface area contributed by atoms with Crippen molar-refractivity contribution < 1.29 is 22.5 Å². The Morgan fingerprint density at radius 3 is 2.50 bits per heavy atom. The van der Waals surface area contributed by atoms with E-state index in [0.29, 0.717) is 5.75 Å². The molecule has 0 amide bonds. The van der Waals surface area contributed by atoms with Crippen molar-refractivity contribution >= 4 is 21.2 Å². The highest BCUT2D eigenvalue weighted by atomic mass is 32.2. The lowest BCUT2D eigenvalue weighted by Gasteiger charge is -2.06. The molecule has 0 aliphatic carbocycles. The average molecular weight is 377 g/mol. The smallest absolute Gasteiger partial charge is 0.306 e. The van der Waals surface area contributed by atoms with E-state index in [1.165, 1.54) is 37.4 Å². The number of nitro groups is 1. The van der Waals surface area contributed by atoms with Crippen molar-refractivity contribution in [2.24, 2.45) is 0 Å². The van der Waals surface area contributed by atoms with E-state index in [2.05, 4.69) is 5.32 Å². The largest absolute Gasteiger partial charge is 0.497 e. The van der Waals surface area contributed by atoms with Crippen molar-refractivity contribution in [1.82, 2.24) is 0 Å². The monoisotopic (exact) mass is 377 g/mol. The maximum absolute atomic E-state index is 13.3. The molecule has 0 bridgehead atoms. The summed E-state index contributed by atoms with van der Waals surface area (Å²) in [7, 11) is -2.68. The van der Waals surface area contributed by atoms with Crippen LogP contribution in [0.5, 0.6) is 5.75 Å². The molecule has 0 aliphatic rings. The van der Waals surface area contributed by atoms with E-state index in [1.54, 1.807) is 6.07 Å².